The Morgan fingerprint density at radius 2 is 2.14 bits per heavy atom. The third kappa shape index (κ3) is 3.64. The second-order valence-corrected chi connectivity index (χ2v) is 3.70. The van der Waals surface area contributed by atoms with Crippen molar-refractivity contribution in [3.63, 3.8) is 0 Å². The maximum atomic E-state index is 11.4. The van der Waals surface area contributed by atoms with Crippen LogP contribution in [-0.4, -0.2) is 50.2 Å². The summed E-state index contributed by atoms with van der Waals surface area (Å²) in [5, 5.41) is 3.28. The fraction of sp³-hybridized carbons (Fsp3) is 0.900. The average Bonchev–Trinajstić information content (AvgIpc) is 2.19. The quantitative estimate of drug-likeness (QED) is 0.653. The van der Waals surface area contributed by atoms with Gasteiger partial charge in [-0.25, -0.2) is 0 Å². The van der Waals surface area contributed by atoms with Crippen LogP contribution in [0.3, 0.4) is 0 Å². The highest BCUT2D eigenvalue weighted by Crippen LogP contribution is 2.03. The molecule has 14 heavy (non-hydrogen) atoms. The normalized spacial score (nSPS) is 20.4. The van der Waals surface area contributed by atoms with Crippen LogP contribution in [0, 0.1) is 5.92 Å². The minimum absolute atomic E-state index is 0.00644. The predicted octanol–water partition coefficient (Wildman–Crippen LogP) is 0.0908. The summed E-state index contributed by atoms with van der Waals surface area (Å²) in [4.78, 5) is 13.7. The summed E-state index contributed by atoms with van der Waals surface area (Å²) >= 11 is 0. The first-order valence-corrected chi connectivity index (χ1v) is 5.33. The molecular formula is C10H20N2O2. The van der Waals surface area contributed by atoms with Gasteiger partial charge in [-0.1, -0.05) is 6.92 Å². The molecule has 0 bridgehead atoms. The zero-order chi connectivity index (χ0) is 10.4. The van der Waals surface area contributed by atoms with Gasteiger partial charge in [-0.15, -0.1) is 0 Å². The second-order valence-electron chi connectivity index (χ2n) is 3.70. The van der Waals surface area contributed by atoms with Gasteiger partial charge >= 0.3 is 5.97 Å². The molecule has 0 saturated carbocycles. The smallest absolute Gasteiger partial charge is 0.309 e. The summed E-state index contributed by atoms with van der Waals surface area (Å²) in [5.74, 6) is -0.0842. The SMILES string of the molecule is CCOC(=O)C(C)CN1CCNCC1. The molecule has 1 atom stereocenters. The number of nitrogens with one attached hydrogen (secondary N) is 1. The van der Waals surface area contributed by atoms with E-state index < -0.39 is 0 Å². The molecular weight excluding hydrogens is 180 g/mol. The van der Waals surface area contributed by atoms with E-state index in [0.29, 0.717) is 6.61 Å². The molecule has 1 aliphatic rings. The summed E-state index contributed by atoms with van der Waals surface area (Å²) in [6.45, 7) is 9.18. The van der Waals surface area contributed by atoms with Crippen molar-refractivity contribution in [1.29, 1.82) is 0 Å². The molecule has 0 aliphatic carbocycles. The molecule has 1 saturated heterocycles. The fourth-order valence-electron chi connectivity index (χ4n) is 1.64. The highest BCUT2D eigenvalue weighted by Gasteiger charge is 2.18. The lowest BCUT2D eigenvalue weighted by molar-refractivity contribution is -0.148. The van der Waals surface area contributed by atoms with Crippen molar-refractivity contribution in [2.75, 3.05) is 39.3 Å². The lowest BCUT2D eigenvalue weighted by Gasteiger charge is -2.28. The maximum Gasteiger partial charge on any atom is 0.309 e. The van der Waals surface area contributed by atoms with Gasteiger partial charge in [0.2, 0.25) is 0 Å². The fourth-order valence-corrected chi connectivity index (χ4v) is 1.64. The van der Waals surface area contributed by atoms with Crippen LogP contribution in [0.4, 0.5) is 0 Å². The maximum absolute atomic E-state index is 11.4. The van der Waals surface area contributed by atoms with Gasteiger partial charge in [0.25, 0.3) is 0 Å². The molecule has 1 unspecified atom stereocenters. The molecule has 4 nitrogen and oxygen atoms in total. The first-order valence-electron chi connectivity index (χ1n) is 5.33. The standard InChI is InChI=1S/C10H20N2O2/c1-3-14-10(13)9(2)8-12-6-4-11-5-7-12/h9,11H,3-8H2,1-2H3. The molecule has 82 valence electrons. The van der Waals surface area contributed by atoms with Crippen molar-refractivity contribution in [2.45, 2.75) is 13.8 Å². The topological polar surface area (TPSA) is 41.6 Å². The first kappa shape index (κ1) is 11.5. The molecule has 0 spiro atoms. The van der Waals surface area contributed by atoms with E-state index >= 15 is 0 Å². The highest BCUT2D eigenvalue weighted by atomic mass is 16.5. The number of rotatable bonds is 4. The molecule has 1 N–H and O–H groups in total. The zero-order valence-corrected chi connectivity index (χ0v) is 9.08. The average molecular weight is 200 g/mol. The van der Waals surface area contributed by atoms with Gasteiger partial charge in [0.15, 0.2) is 0 Å². The van der Waals surface area contributed by atoms with Crippen LogP contribution in [0.5, 0.6) is 0 Å². The Kier molecular flexibility index (Phi) is 4.90. The molecule has 1 fully saturated rings. The number of ether oxygens (including phenoxy) is 1. The number of carbonyl (C=O) groups is 1. The number of hydrogen-bond donors (Lipinski definition) is 1. The summed E-state index contributed by atoms with van der Waals surface area (Å²) in [6, 6.07) is 0. The Bertz CT molecular complexity index is 179. The van der Waals surface area contributed by atoms with E-state index in [1.807, 2.05) is 13.8 Å². The van der Waals surface area contributed by atoms with Crippen molar-refractivity contribution in [1.82, 2.24) is 10.2 Å². The van der Waals surface area contributed by atoms with E-state index in [4.69, 9.17) is 4.74 Å². The largest absolute Gasteiger partial charge is 0.466 e. The van der Waals surface area contributed by atoms with Gasteiger partial charge in [0.1, 0.15) is 0 Å². The Labute approximate surface area is 85.6 Å². The van der Waals surface area contributed by atoms with Crippen molar-refractivity contribution in [3.05, 3.63) is 0 Å². The minimum Gasteiger partial charge on any atom is -0.466 e. The van der Waals surface area contributed by atoms with Crippen LogP contribution in [0.15, 0.2) is 0 Å². The lowest BCUT2D eigenvalue weighted by atomic mass is 10.1. The molecule has 0 aromatic heterocycles. The molecule has 1 heterocycles. The minimum atomic E-state index is -0.0777. The van der Waals surface area contributed by atoms with Gasteiger partial charge in [-0.2, -0.15) is 0 Å². The highest BCUT2D eigenvalue weighted by molar-refractivity contribution is 5.72. The van der Waals surface area contributed by atoms with Gasteiger partial charge in [0, 0.05) is 32.7 Å². The molecule has 0 radical (unpaired) electrons. The molecule has 4 heteroatoms. The van der Waals surface area contributed by atoms with Gasteiger partial charge in [0.05, 0.1) is 12.5 Å². The van der Waals surface area contributed by atoms with Crippen molar-refractivity contribution in [3.8, 4) is 0 Å². The van der Waals surface area contributed by atoms with Crippen molar-refractivity contribution in [2.24, 2.45) is 5.92 Å². The van der Waals surface area contributed by atoms with E-state index in [2.05, 4.69) is 10.2 Å². The van der Waals surface area contributed by atoms with E-state index in [-0.39, 0.29) is 11.9 Å². The number of nitrogens with zero attached hydrogens (tertiary/aromatic N) is 1. The van der Waals surface area contributed by atoms with Gasteiger partial charge in [-0.3, -0.25) is 9.69 Å². The van der Waals surface area contributed by atoms with Crippen molar-refractivity contribution < 1.29 is 9.53 Å². The van der Waals surface area contributed by atoms with Crippen LogP contribution in [-0.2, 0) is 9.53 Å². The summed E-state index contributed by atoms with van der Waals surface area (Å²) < 4.78 is 4.96. The summed E-state index contributed by atoms with van der Waals surface area (Å²) in [7, 11) is 0. The van der Waals surface area contributed by atoms with E-state index in [9.17, 15) is 4.79 Å². The Morgan fingerprint density at radius 3 is 2.71 bits per heavy atom. The monoisotopic (exact) mass is 200 g/mol. The van der Waals surface area contributed by atoms with Gasteiger partial charge < -0.3 is 10.1 Å². The Balaban J connectivity index is 2.24. The summed E-state index contributed by atoms with van der Waals surface area (Å²) in [6.07, 6.45) is 0. The van der Waals surface area contributed by atoms with Crippen LogP contribution in [0.2, 0.25) is 0 Å². The third-order valence-corrected chi connectivity index (χ3v) is 2.43. The van der Waals surface area contributed by atoms with E-state index in [0.717, 1.165) is 32.7 Å². The Morgan fingerprint density at radius 1 is 1.50 bits per heavy atom. The number of carbonyl (C=O) groups excluding carboxylic acids is 1. The molecule has 0 amide bonds. The molecule has 0 aromatic rings. The zero-order valence-electron chi connectivity index (χ0n) is 9.08. The number of piperazine rings is 1. The number of esters is 1. The molecule has 1 rings (SSSR count). The van der Waals surface area contributed by atoms with Gasteiger partial charge in [-0.05, 0) is 6.92 Å². The van der Waals surface area contributed by atoms with Crippen molar-refractivity contribution >= 4 is 5.97 Å². The lowest BCUT2D eigenvalue weighted by Crippen LogP contribution is -2.46. The van der Waals surface area contributed by atoms with Crippen LogP contribution >= 0.6 is 0 Å². The summed E-state index contributed by atoms with van der Waals surface area (Å²) in [5.41, 5.74) is 0. The third-order valence-electron chi connectivity index (χ3n) is 2.43. The second kappa shape index (κ2) is 5.98. The molecule has 0 aromatic carbocycles. The number of hydrogen-bond acceptors (Lipinski definition) is 4. The Hall–Kier alpha value is -0.610. The first-order chi connectivity index (χ1) is 6.74. The van der Waals surface area contributed by atoms with Crippen LogP contribution < -0.4 is 5.32 Å². The van der Waals surface area contributed by atoms with E-state index in [1.54, 1.807) is 0 Å². The predicted molar refractivity (Wildman–Crippen MR) is 55.1 cm³/mol. The van der Waals surface area contributed by atoms with E-state index in [1.165, 1.54) is 0 Å². The van der Waals surface area contributed by atoms with Crippen LogP contribution in [0.1, 0.15) is 13.8 Å². The molecule has 1 aliphatic heterocycles. The van der Waals surface area contributed by atoms with Crippen LogP contribution in [0.25, 0.3) is 0 Å².